The number of hydrogen-bond donors (Lipinski definition) is 1. The van der Waals surface area contributed by atoms with Crippen LogP contribution in [-0.2, 0) is 29.7 Å². The molecule has 0 radical (unpaired) electrons. The molecular weight excluding hydrogens is 399 g/mol. The lowest BCUT2D eigenvalue weighted by molar-refractivity contribution is -0.131. The first-order valence-corrected chi connectivity index (χ1v) is 10.2. The Balaban J connectivity index is 1.38. The summed E-state index contributed by atoms with van der Waals surface area (Å²) in [6, 6.07) is 10.1. The Morgan fingerprint density at radius 3 is 2.77 bits per heavy atom. The Labute approximate surface area is 178 Å². The molecule has 0 saturated carbocycles. The van der Waals surface area contributed by atoms with E-state index < -0.39 is 11.6 Å². The fourth-order valence-corrected chi connectivity index (χ4v) is 4.22. The zero-order chi connectivity index (χ0) is 21.8. The molecule has 7 nitrogen and oxygen atoms in total. The van der Waals surface area contributed by atoms with Crippen LogP contribution in [0.5, 0.6) is 0 Å². The zero-order valence-corrected chi connectivity index (χ0v) is 17.2. The van der Waals surface area contributed by atoms with Gasteiger partial charge in [-0.25, -0.2) is 9.18 Å². The predicted molar refractivity (Wildman–Crippen MR) is 109 cm³/mol. The average Bonchev–Trinajstić information content (AvgIpc) is 3.46. The number of benzene rings is 2. The van der Waals surface area contributed by atoms with Crippen molar-refractivity contribution in [2.75, 3.05) is 0 Å². The van der Waals surface area contributed by atoms with Crippen LogP contribution in [-0.4, -0.2) is 27.0 Å². The first kappa shape index (κ1) is 19.4. The number of aromatic nitrogens is 2. The summed E-state index contributed by atoms with van der Waals surface area (Å²) in [4.78, 5) is 31.1. The van der Waals surface area contributed by atoms with Crippen molar-refractivity contribution in [1.29, 1.82) is 0 Å². The van der Waals surface area contributed by atoms with E-state index in [9.17, 15) is 14.0 Å². The number of urea groups is 1. The van der Waals surface area contributed by atoms with Gasteiger partial charge in [0.25, 0.3) is 5.91 Å². The Morgan fingerprint density at radius 2 is 1.97 bits per heavy atom. The number of imide groups is 1. The van der Waals surface area contributed by atoms with Crippen molar-refractivity contribution in [3.63, 3.8) is 0 Å². The van der Waals surface area contributed by atoms with Crippen molar-refractivity contribution in [1.82, 2.24) is 20.4 Å². The Morgan fingerprint density at radius 1 is 1.16 bits per heavy atom. The van der Waals surface area contributed by atoms with Crippen molar-refractivity contribution < 1.29 is 18.5 Å². The molecule has 1 fully saturated rings. The molecule has 2 aliphatic rings. The number of halogens is 1. The molecule has 0 bridgehead atoms. The van der Waals surface area contributed by atoms with Crippen LogP contribution in [0.15, 0.2) is 40.9 Å². The molecule has 1 aromatic heterocycles. The summed E-state index contributed by atoms with van der Waals surface area (Å²) in [5.74, 6) is -0.459. The first-order chi connectivity index (χ1) is 14.8. The number of fused-ring (bicyclic) bond motifs is 1. The van der Waals surface area contributed by atoms with Crippen LogP contribution in [0, 0.1) is 12.7 Å². The summed E-state index contributed by atoms with van der Waals surface area (Å²) in [5.41, 5.74) is 3.10. The highest BCUT2D eigenvalue weighted by Crippen LogP contribution is 2.33. The summed E-state index contributed by atoms with van der Waals surface area (Å²) < 4.78 is 19.1. The van der Waals surface area contributed by atoms with E-state index in [-0.39, 0.29) is 30.0 Å². The number of carbonyl (C=O) groups is 2. The molecule has 1 unspecified atom stereocenters. The lowest BCUT2D eigenvalue weighted by Gasteiger charge is -2.22. The van der Waals surface area contributed by atoms with Gasteiger partial charge in [0.2, 0.25) is 11.7 Å². The first-order valence-electron chi connectivity index (χ1n) is 10.2. The second kappa shape index (κ2) is 7.01. The third kappa shape index (κ3) is 3.19. The van der Waals surface area contributed by atoms with Crippen molar-refractivity contribution in [3.05, 3.63) is 70.4 Å². The second-order valence-electron chi connectivity index (χ2n) is 8.26. The van der Waals surface area contributed by atoms with E-state index >= 15 is 0 Å². The zero-order valence-electron chi connectivity index (χ0n) is 17.2. The fraction of sp³-hybridized carbons (Fsp3) is 0.304. The minimum absolute atomic E-state index is 0.0951. The van der Waals surface area contributed by atoms with Crippen molar-refractivity contribution in [3.8, 4) is 11.4 Å². The third-order valence-electron chi connectivity index (χ3n) is 6.14. The monoisotopic (exact) mass is 420 g/mol. The maximum atomic E-state index is 13.8. The van der Waals surface area contributed by atoms with Gasteiger partial charge in [0.1, 0.15) is 17.9 Å². The number of rotatable bonds is 4. The predicted octanol–water partition coefficient (Wildman–Crippen LogP) is 3.64. The number of hydrogen-bond acceptors (Lipinski definition) is 5. The van der Waals surface area contributed by atoms with Crippen molar-refractivity contribution in [2.24, 2.45) is 0 Å². The number of carbonyl (C=O) groups excluding carboxylic acids is 2. The largest absolute Gasteiger partial charge is 0.337 e. The molecule has 1 saturated heterocycles. The average molecular weight is 420 g/mol. The normalized spacial score (nSPS) is 20.3. The van der Waals surface area contributed by atoms with Gasteiger partial charge in [-0.2, -0.15) is 4.98 Å². The Hall–Kier alpha value is -3.55. The molecule has 3 aromatic rings. The molecule has 158 valence electrons. The molecule has 2 heterocycles. The Kier molecular flexibility index (Phi) is 4.39. The summed E-state index contributed by atoms with van der Waals surface area (Å²) in [5, 5.41) is 6.67. The molecule has 8 heteroatoms. The van der Waals surface area contributed by atoms with Crippen molar-refractivity contribution in [2.45, 2.75) is 45.2 Å². The van der Waals surface area contributed by atoms with Gasteiger partial charge in [0.15, 0.2) is 0 Å². The Bertz CT molecular complexity index is 1220. The standard InChI is InChI=1S/C23H21FN4O3/c1-13-6-7-16(11-18(13)24)20-25-19(31-27-20)12-28-21(29)23(2,26-22(28)30)17-9-8-14-4-3-5-15(14)10-17/h6-11H,3-5,12H2,1-2H3,(H,26,30). The molecule has 1 N–H and O–H groups in total. The van der Waals surface area contributed by atoms with Gasteiger partial charge < -0.3 is 9.84 Å². The maximum Gasteiger partial charge on any atom is 0.325 e. The number of nitrogens with zero attached hydrogens (tertiary/aromatic N) is 3. The highest BCUT2D eigenvalue weighted by atomic mass is 19.1. The highest BCUT2D eigenvalue weighted by Gasteiger charge is 2.49. The topological polar surface area (TPSA) is 88.3 Å². The van der Waals surface area contributed by atoms with E-state index in [1.165, 1.54) is 17.2 Å². The van der Waals surface area contributed by atoms with Crippen LogP contribution in [0.2, 0.25) is 0 Å². The summed E-state index contributed by atoms with van der Waals surface area (Å²) >= 11 is 0. The van der Waals surface area contributed by atoms with Gasteiger partial charge >= 0.3 is 6.03 Å². The molecule has 5 rings (SSSR count). The smallest absolute Gasteiger partial charge is 0.325 e. The van der Waals surface area contributed by atoms with E-state index in [0.717, 1.165) is 29.7 Å². The number of nitrogens with one attached hydrogen (secondary N) is 1. The molecule has 1 aliphatic carbocycles. The highest BCUT2D eigenvalue weighted by molar-refractivity contribution is 6.07. The lowest BCUT2D eigenvalue weighted by Crippen LogP contribution is -2.41. The van der Waals surface area contributed by atoms with Gasteiger partial charge in [-0.1, -0.05) is 35.5 Å². The van der Waals surface area contributed by atoms with Crippen LogP contribution in [0.1, 0.15) is 41.5 Å². The van der Waals surface area contributed by atoms with Gasteiger partial charge in [0, 0.05) is 5.56 Å². The van der Waals surface area contributed by atoms with Crippen LogP contribution in [0.3, 0.4) is 0 Å². The molecule has 31 heavy (non-hydrogen) atoms. The third-order valence-corrected chi connectivity index (χ3v) is 6.14. The van der Waals surface area contributed by atoms with E-state index in [2.05, 4.69) is 15.5 Å². The van der Waals surface area contributed by atoms with Gasteiger partial charge in [-0.05, 0) is 61.4 Å². The van der Waals surface area contributed by atoms with E-state index in [0.29, 0.717) is 11.1 Å². The second-order valence-corrected chi connectivity index (χ2v) is 8.26. The minimum atomic E-state index is -1.16. The minimum Gasteiger partial charge on any atom is -0.337 e. The van der Waals surface area contributed by atoms with Gasteiger partial charge in [-0.3, -0.25) is 9.69 Å². The molecule has 1 atom stereocenters. The molecular formula is C23H21FN4O3. The summed E-state index contributed by atoms with van der Waals surface area (Å²) in [7, 11) is 0. The molecule has 2 aromatic carbocycles. The quantitative estimate of drug-likeness (QED) is 0.651. The van der Waals surface area contributed by atoms with Crippen LogP contribution >= 0.6 is 0 Å². The van der Waals surface area contributed by atoms with E-state index in [1.807, 2.05) is 18.2 Å². The SMILES string of the molecule is Cc1ccc(-c2noc(CN3C(=O)NC(C)(c4ccc5c(c4)CCC5)C3=O)n2)cc1F. The van der Waals surface area contributed by atoms with Gasteiger partial charge in [-0.15, -0.1) is 0 Å². The molecule has 1 aliphatic heterocycles. The van der Waals surface area contributed by atoms with Crippen molar-refractivity contribution >= 4 is 11.9 Å². The fourth-order valence-electron chi connectivity index (χ4n) is 4.22. The van der Waals surface area contributed by atoms with Crippen LogP contribution in [0.4, 0.5) is 9.18 Å². The molecule has 3 amide bonds. The van der Waals surface area contributed by atoms with Gasteiger partial charge in [0.05, 0.1) is 0 Å². The van der Waals surface area contributed by atoms with E-state index in [1.54, 1.807) is 26.0 Å². The summed E-state index contributed by atoms with van der Waals surface area (Å²) in [6.07, 6.45) is 3.13. The summed E-state index contributed by atoms with van der Waals surface area (Å²) in [6.45, 7) is 3.21. The van der Waals surface area contributed by atoms with E-state index in [4.69, 9.17) is 4.52 Å². The lowest BCUT2D eigenvalue weighted by atomic mass is 9.90. The number of amides is 3. The maximum absolute atomic E-state index is 13.8. The molecule has 0 spiro atoms. The number of aryl methyl sites for hydroxylation is 3. The van der Waals surface area contributed by atoms with Crippen LogP contribution < -0.4 is 5.32 Å². The van der Waals surface area contributed by atoms with Crippen LogP contribution in [0.25, 0.3) is 11.4 Å².